The van der Waals surface area contributed by atoms with Crippen molar-refractivity contribution in [2.45, 2.75) is 0 Å². The van der Waals surface area contributed by atoms with Crippen LogP contribution in [0.4, 0.5) is 68.2 Å². The Kier molecular flexibility index (Phi) is 17.4. The normalized spacial score (nSPS) is 10.6. The van der Waals surface area contributed by atoms with Crippen LogP contribution in [0.2, 0.25) is 0 Å². The van der Waals surface area contributed by atoms with E-state index in [1.165, 1.54) is 0 Å². The fraction of sp³-hybridized carbons (Fsp3) is 0.0526. The molecule has 0 aromatic heterocycles. The lowest BCUT2D eigenvalue weighted by Crippen LogP contribution is -2.10. The molecule has 0 unspecified atom stereocenters. The van der Waals surface area contributed by atoms with Gasteiger partial charge in [-0.25, -0.2) is 0 Å². The van der Waals surface area contributed by atoms with Crippen molar-refractivity contribution in [3.8, 4) is 45.3 Å². The molecule has 0 N–H and O–H groups in total. The van der Waals surface area contributed by atoms with E-state index in [2.05, 4.69) is 262 Å². The summed E-state index contributed by atoms with van der Waals surface area (Å²) in [5, 5.41) is 0. The first-order valence-electron chi connectivity index (χ1n) is 27.8. The van der Waals surface area contributed by atoms with Crippen molar-refractivity contribution in [2.24, 2.45) is 0 Å². The van der Waals surface area contributed by atoms with Gasteiger partial charge in [-0.1, -0.05) is 121 Å². The Morgan fingerprint density at radius 1 is 0.155 bits per heavy atom. The summed E-state index contributed by atoms with van der Waals surface area (Å²) >= 11 is 0. The van der Waals surface area contributed by atoms with Crippen molar-refractivity contribution >= 4 is 68.2 Å². The van der Waals surface area contributed by atoms with E-state index in [-0.39, 0.29) is 0 Å². The summed E-state index contributed by atoms with van der Waals surface area (Å²) in [6.07, 6.45) is 0. The summed E-state index contributed by atoms with van der Waals surface area (Å²) in [7, 11) is 6.75. The predicted molar refractivity (Wildman–Crippen MR) is 349 cm³/mol. The summed E-state index contributed by atoms with van der Waals surface area (Å²) in [5.41, 5.74) is 17.6. The number of benzene rings is 12. The molecule has 84 heavy (non-hydrogen) atoms. The number of methoxy groups -OCH3 is 4. The number of anilines is 12. The van der Waals surface area contributed by atoms with Crippen molar-refractivity contribution in [3.05, 3.63) is 315 Å². The lowest BCUT2D eigenvalue weighted by atomic mass is 10.0. The van der Waals surface area contributed by atoms with E-state index in [9.17, 15) is 0 Å². The maximum atomic E-state index is 5.38. The topological polar surface area (TPSA) is 49.9 Å². The molecule has 412 valence electrons. The Morgan fingerprint density at radius 2 is 0.286 bits per heavy atom. The molecule has 0 fully saturated rings. The van der Waals surface area contributed by atoms with Crippen LogP contribution in [-0.4, -0.2) is 28.4 Å². The summed E-state index contributed by atoms with van der Waals surface area (Å²) in [5.74, 6) is 3.35. The van der Waals surface area contributed by atoms with Gasteiger partial charge in [0.15, 0.2) is 0 Å². The van der Waals surface area contributed by atoms with E-state index in [4.69, 9.17) is 18.9 Å². The largest absolute Gasteiger partial charge is 0.497 e. The van der Waals surface area contributed by atoms with Gasteiger partial charge in [0.1, 0.15) is 23.0 Å². The van der Waals surface area contributed by atoms with Crippen LogP contribution in [0, 0.1) is 0 Å². The second-order valence-electron chi connectivity index (χ2n) is 19.7. The van der Waals surface area contributed by atoms with Crippen LogP contribution >= 0.6 is 0 Å². The van der Waals surface area contributed by atoms with Crippen LogP contribution in [0.15, 0.2) is 315 Å². The maximum Gasteiger partial charge on any atom is 0.119 e. The molecule has 12 aromatic carbocycles. The van der Waals surface area contributed by atoms with Gasteiger partial charge in [0.05, 0.1) is 28.4 Å². The van der Waals surface area contributed by atoms with Gasteiger partial charge >= 0.3 is 0 Å². The first-order valence-corrected chi connectivity index (χ1v) is 27.8. The molecule has 0 aliphatic rings. The van der Waals surface area contributed by atoms with Gasteiger partial charge in [0.2, 0.25) is 0 Å². The maximum absolute atomic E-state index is 5.38. The highest BCUT2D eigenvalue weighted by Crippen LogP contribution is 2.41. The van der Waals surface area contributed by atoms with Crippen molar-refractivity contribution in [2.75, 3.05) is 48.0 Å². The van der Waals surface area contributed by atoms with Crippen LogP contribution in [0.5, 0.6) is 23.0 Å². The molecule has 0 atom stereocenters. The van der Waals surface area contributed by atoms with Crippen LogP contribution in [0.3, 0.4) is 0 Å². The quantitative estimate of drug-likeness (QED) is 0.0842. The second kappa shape index (κ2) is 26.5. The first kappa shape index (κ1) is 55.0. The molecule has 0 saturated heterocycles. The van der Waals surface area contributed by atoms with Crippen molar-refractivity contribution in [1.29, 1.82) is 0 Å². The molecule has 8 nitrogen and oxygen atoms in total. The van der Waals surface area contributed by atoms with Crippen molar-refractivity contribution in [1.82, 2.24) is 0 Å². The van der Waals surface area contributed by atoms with Gasteiger partial charge < -0.3 is 38.5 Å². The Morgan fingerprint density at radius 3 is 0.429 bits per heavy atom. The monoisotopic (exact) mass is 1100 g/mol. The van der Waals surface area contributed by atoms with Gasteiger partial charge in [0.25, 0.3) is 0 Å². The Balaban J connectivity index is 0.000000175. The predicted octanol–water partition coefficient (Wildman–Crippen LogP) is 20.6. The smallest absolute Gasteiger partial charge is 0.119 e. The summed E-state index contributed by atoms with van der Waals surface area (Å²) in [4.78, 5) is 9.00. The highest BCUT2D eigenvalue weighted by Gasteiger charge is 2.18. The molecular formula is C76H64N4O4. The first-order chi connectivity index (χ1) is 41.5. The standard InChI is InChI=1S/2C38H32N2O2/c2*1-41-37-25-21-35(22-26-37)39(31-9-5-3-6-10-31)33-17-13-29(14-18-33)30-15-19-34(20-16-30)40(32-11-7-4-8-12-32)36-23-27-38(42-2)28-24-36/h2*3-28H,1-2H3. The third-order valence-electron chi connectivity index (χ3n) is 14.5. The zero-order valence-corrected chi connectivity index (χ0v) is 47.4. The van der Waals surface area contributed by atoms with Gasteiger partial charge in [-0.3, -0.25) is 0 Å². The van der Waals surface area contributed by atoms with Gasteiger partial charge in [0, 0.05) is 68.2 Å². The van der Waals surface area contributed by atoms with Crippen LogP contribution in [-0.2, 0) is 0 Å². The van der Waals surface area contributed by atoms with E-state index in [0.717, 1.165) is 114 Å². The lowest BCUT2D eigenvalue weighted by Gasteiger charge is -2.26. The fourth-order valence-corrected chi connectivity index (χ4v) is 10.2. The van der Waals surface area contributed by atoms with E-state index in [1.54, 1.807) is 28.4 Å². The molecule has 0 saturated carbocycles. The third kappa shape index (κ3) is 12.8. The highest BCUT2D eigenvalue weighted by atomic mass is 16.5. The Bertz CT molecular complexity index is 3400. The van der Waals surface area contributed by atoms with E-state index in [1.807, 2.05) is 72.8 Å². The number of hydrogen-bond acceptors (Lipinski definition) is 8. The summed E-state index contributed by atoms with van der Waals surface area (Å²) < 4.78 is 21.5. The molecule has 0 aliphatic heterocycles. The molecule has 0 bridgehead atoms. The molecule has 8 heteroatoms. The van der Waals surface area contributed by atoms with E-state index in [0.29, 0.717) is 0 Å². The number of hydrogen-bond donors (Lipinski definition) is 0. The van der Waals surface area contributed by atoms with Gasteiger partial charge in [-0.05, 0) is 216 Å². The third-order valence-corrected chi connectivity index (χ3v) is 14.5. The molecule has 12 rings (SSSR count). The molecule has 0 spiro atoms. The number of para-hydroxylation sites is 4. The average molecular weight is 1100 g/mol. The number of nitrogens with zero attached hydrogens (tertiary/aromatic N) is 4. The minimum absolute atomic E-state index is 0.836. The van der Waals surface area contributed by atoms with Gasteiger partial charge in [-0.15, -0.1) is 0 Å². The molecule has 0 amide bonds. The molecule has 0 radical (unpaired) electrons. The SMILES string of the molecule is COc1ccc(N(c2ccccc2)c2ccc(-c3ccc(N(c4ccccc4)c4ccc(OC)cc4)cc3)cc2)cc1.COc1ccc(N(c2ccccc2)c2ccc(-c3ccc(N(c4ccccc4)c4ccc(OC)cc4)cc3)cc2)cc1. The zero-order chi connectivity index (χ0) is 57.5. The number of rotatable bonds is 18. The second-order valence-corrected chi connectivity index (χ2v) is 19.7. The minimum atomic E-state index is 0.836. The molecular weight excluding hydrogens is 1030 g/mol. The van der Waals surface area contributed by atoms with E-state index >= 15 is 0 Å². The van der Waals surface area contributed by atoms with Crippen molar-refractivity contribution in [3.63, 3.8) is 0 Å². The Hall–Kier alpha value is -11.0. The van der Waals surface area contributed by atoms with Crippen molar-refractivity contribution < 1.29 is 18.9 Å². The highest BCUT2D eigenvalue weighted by molar-refractivity contribution is 5.83. The fourth-order valence-electron chi connectivity index (χ4n) is 10.2. The zero-order valence-electron chi connectivity index (χ0n) is 47.4. The number of ether oxygens (including phenoxy) is 4. The Labute approximate surface area is 493 Å². The molecule has 0 heterocycles. The summed E-state index contributed by atoms with van der Waals surface area (Å²) in [6, 6.07) is 109. The van der Waals surface area contributed by atoms with Crippen LogP contribution in [0.1, 0.15) is 0 Å². The molecule has 12 aromatic rings. The van der Waals surface area contributed by atoms with E-state index < -0.39 is 0 Å². The van der Waals surface area contributed by atoms with Crippen LogP contribution in [0.25, 0.3) is 22.3 Å². The summed E-state index contributed by atoms with van der Waals surface area (Å²) in [6.45, 7) is 0. The average Bonchev–Trinajstić information content (AvgIpc) is 3.66. The molecule has 0 aliphatic carbocycles. The lowest BCUT2D eigenvalue weighted by molar-refractivity contribution is 0.414. The van der Waals surface area contributed by atoms with Gasteiger partial charge in [-0.2, -0.15) is 0 Å². The van der Waals surface area contributed by atoms with Crippen LogP contribution < -0.4 is 38.5 Å². The minimum Gasteiger partial charge on any atom is -0.497 e.